The molecule has 0 aliphatic heterocycles. The number of aromatic nitrogens is 2. The lowest BCUT2D eigenvalue weighted by Crippen LogP contribution is -2.34. The first-order valence-corrected chi connectivity index (χ1v) is 10.4. The van der Waals surface area contributed by atoms with Crippen LogP contribution in [0.4, 0.5) is 10.3 Å². The molecule has 0 saturated heterocycles. The molecule has 5 heteroatoms. The van der Waals surface area contributed by atoms with E-state index in [4.69, 9.17) is 4.98 Å². The summed E-state index contributed by atoms with van der Waals surface area (Å²) in [6, 6.07) is 15.2. The number of halogens is 1. The van der Waals surface area contributed by atoms with Gasteiger partial charge < -0.3 is 10.2 Å². The first kappa shape index (κ1) is 20.5. The second-order valence-corrected chi connectivity index (χ2v) is 9.19. The Balaban J connectivity index is 1.65. The van der Waals surface area contributed by atoms with E-state index in [0.717, 1.165) is 41.0 Å². The second-order valence-electron chi connectivity index (χ2n) is 9.19. The molecule has 4 nitrogen and oxygen atoms in total. The van der Waals surface area contributed by atoms with Crippen LogP contribution in [0.3, 0.4) is 0 Å². The normalized spacial score (nSPS) is 15.6. The standard InChI is InChI=1S/C25H29FN4/c1-25(2,16-30(3)4)15-28-24-27-14-17-13-21(19-10-7-8-12-22(19)26)18-9-5-6-11-20(18)23(17)29-24/h5-12,14,21H,13,15-16H2,1-4H3,(H,27,28,29). The molecule has 0 amide bonds. The summed E-state index contributed by atoms with van der Waals surface area (Å²) >= 11 is 0. The lowest BCUT2D eigenvalue weighted by molar-refractivity contribution is 0.254. The molecule has 0 saturated carbocycles. The van der Waals surface area contributed by atoms with Crippen molar-refractivity contribution in [3.05, 3.63) is 77.2 Å². The molecule has 0 radical (unpaired) electrons. The Morgan fingerprint density at radius 3 is 2.50 bits per heavy atom. The first-order valence-electron chi connectivity index (χ1n) is 10.4. The maximum atomic E-state index is 14.6. The number of anilines is 1. The van der Waals surface area contributed by atoms with Crippen molar-refractivity contribution in [3.8, 4) is 11.3 Å². The molecule has 1 aromatic heterocycles. The minimum atomic E-state index is -0.164. The highest BCUT2D eigenvalue weighted by Crippen LogP contribution is 2.42. The van der Waals surface area contributed by atoms with Crippen molar-refractivity contribution in [1.82, 2.24) is 14.9 Å². The van der Waals surface area contributed by atoms with E-state index in [1.807, 2.05) is 30.5 Å². The van der Waals surface area contributed by atoms with Gasteiger partial charge in [0, 0.05) is 30.8 Å². The van der Waals surface area contributed by atoms with Gasteiger partial charge in [0.2, 0.25) is 5.95 Å². The molecular formula is C25H29FN4. The van der Waals surface area contributed by atoms with Crippen molar-refractivity contribution in [2.24, 2.45) is 5.41 Å². The van der Waals surface area contributed by atoms with Crippen LogP contribution in [0.1, 0.15) is 36.5 Å². The molecule has 0 fully saturated rings. The molecule has 1 atom stereocenters. The van der Waals surface area contributed by atoms with E-state index in [-0.39, 0.29) is 17.2 Å². The summed E-state index contributed by atoms with van der Waals surface area (Å²) in [5, 5.41) is 3.41. The second kappa shape index (κ2) is 8.15. The van der Waals surface area contributed by atoms with E-state index in [2.05, 4.69) is 55.3 Å². The number of hydrogen-bond acceptors (Lipinski definition) is 4. The Hall–Kier alpha value is -2.79. The average Bonchev–Trinajstić information content (AvgIpc) is 2.71. The largest absolute Gasteiger partial charge is 0.354 e. The van der Waals surface area contributed by atoms with Crippen LogP contribution >= 0.6 is 0 Å². The zero-order chi connectivity index (χ0) is 21.3. The maximum Gasteiger partial charge on any atom is 0.223 e. The summed E-state index contributed by atoms with van der Waals surface area (Å²) in [5.74, 6) is 0.444. The smallest absolute Gasteiger partial charge is 0.223 e. The van der Waals surface area contributed by atoms with Crippen LogP contribution in [0.15, 0.2) is 54.7 Å². The molecule has 1 unspecified atom stereocenters. The zero-order valence-corrected chi connectivity index (χ0v) is 18.1. The van der Waals surface area contributed by atoms with E-state index in [0.29, 0.717) is 12.4 Å². The van der Waals surface area contributed by atoms with Crippen molar-refractivity contribution >= 4 is 5.95 Å². The molecule has 30 heavy (non-hydrogen) atoms. The van der Waals surface area contributed by atoms with Gasteiger partial charge in [-0.1, -0.05) is 56.3 Å². The number of benzene rings is 2. The highest BCUT2D eigenvalue weighted by molar-refractivity contribution is 5.72. The fraction of sp³-hybridized carbons (Fsp3) is 0.360. The molecule has 1 aliphatic rings. The lowest BCUT2D eigenvalue weighted by atomic mass is 9.78. The Kier molecular flexibility index (Phi) is 5.56. The number of nitrogens with one attached hydrogen (secondary N) is 1. The monoisotopic (exact) mass is 404 g/mol. The lowest BCUT2D eigenvalue weighted by Gasteiger charge is -2.29. The molecule has 4 rings (SSSR count). The third kappa shape index (κ3) is 4.21. The van der Waals surface area contributed by atoms with Crippen molar-refractivity contribution in [3.63, 3.8) is 0 Å². The van der Waals surface area contributed by atoms with Gasteiger partial charge in [0.15, 0.2) is 0 Å². The van der Waals surface area contributed by atoms with Crippen LogP contribution in [-0.2, 0) is 6.42 Å². The Morgan fingerprint density at radius 1 is 1.07 bits per heavy atom. The maximum absolute atomic E-state index is 14.6. The number of nitrogens with zero attached hydrogens (tertiary/aromatic N) is 3. The van der Waals surface area contributed by atoms with Crippen molar-refractivity contribution in [2.45, 2.75) is 26.2 Å². The molecule has 3 aromatic rings. The van der Waals surface area contributed by atoms with Crippen LogP contribution < -0.4 is 5.32 Å². The number of rotatable bonds is 6. The van der Waals surface area contributed by atoms with E-state index >= 15 is 0 Å². The molecular weight excluding hydrogens is 375 g/mol. The fourth-order valence-corrected chi connectivity index (χ4v) is 4.49. The number of fused-ring (bicyclic) bond motifs is 3. The Bertz CT molecular complexity index is 1040. The van der Waals surface area contributed by atoms with Crippen molar-refractivity contribution in [2.75, 3.05) is 32.5 Å². The third-order valence-corrected chi connectivity index (χ3v) is 5.63. The van der Waals surface area contributed by atoms with Gasteiger partial charge in [-0.25, -0.2) is 14.4 Å². The molecule has 1 heterocycles. The minimum absolute atomic E-state index is 0.0312. The highest BCUT2D eigenvalue weighted by Gasteiger charge is 2.29. The Morgan fingerprint density at radius 2 is 1.77 bits per heavy atom. The van der Waals surface area contributed by atoms with Crippen LogP contribution in [0.5, 0.6) is 0 Å². The predicted octanol–water partition coefficient (Wildman–Crippen LogP) is 4.97. The molecule has 156 valence electrons. The zero-order valence-electron chi connectivity index (χ0n) is 18.1. The summed E-state index contributed by atoms with van der Waals surface area (Å²) < 4.78 is 14.6. The van der Waals surface area contributed by atoms with Gasteiger partial charge in [-0.05, 0) is 48.7 Å². The topological polar surface area (TPSA) is 41.0 Å². The Labute approximate surface area is 178 Å². The number of hydrogen-bond donors (Lipinski definition) is 1. The molecule has 0 spiro atoms. The molecule has 1 N–H and O–H groups in total. The highest BCUT2D eigenvalue weighted by atomic mass is 19.1. The van der Waals surface area contributed by atoms with Gasteiger partial charge in [0.1, 0.15) is 5.82 Å². The molecule has 0 bridgehead atoms. The van der Waals surface area contributed by atoms with E-state index in [1.54, 1.807) is 6.07 Å². The summed E-state index contributed by atoms with van der Waals surface area (Å²) in [7, 11) is 4.17. The minimum Gasteiger partial charge on any atom is -0.354 e. The van der Waals surface area contributed by atoms with Gasteiger partial charge >= 0.3 is 0 Å². The van der Waals surface area contributed by atoms with Gasteiger partial charge in [-0.2, -0.15) is 0 Å². The van der Waals surface area contributed by atoms with Gasteiger partial charge in [0.05, 0.1) is 5.69 Å². The van der Waals surface area contributed by atoms with Gasteiger partial charge in [-0.3, -0.25) is 0 Å². The average molecular weight is 405 g/mol. The van der Waals surface area contributed by atoms with E-state index in [1.165, 1.54) is 6.07 Å². The predicted molar refractivity (Wildman–Crippen MR) is 120 cm³/mol. The third-order valence-electron chi connectivity index (χ3n) is 5.63. The van der Waals surface area contributed by atoms with E-state index < -0.39 is 0 Å². The van der Waals surface area contributed by atoms with Crippen LogP contribution in [-0.4, -0.2) is 42.1 Å². The molecule has 1 aliphatic carbocycles. The summed E-state index contributed by atoms with van der Waals surface area (Å²) in [4.78, 5) is 11.6. The van der Waals surface area contributed by atoms with Crippen molar-refractivity contribution in [1.29, 1.82) is 0 Å². The first-order chi connectivity index (χ1) is 14.3. The van der Waals surface area contributed by atoms with E-state index in [9.17, 15) is 4.39 Å². The van der Waals surface area contributed by atoms with Gasteiger partial charge in [-0.15, -0.1) is 0 Å². The molecule has 2 aromatic carbocycles. The fourth-order valence-electron chi connectivity index (χ4n) is 4.49. The van der Waals surface area contributed by atoms with Gasteiger partial charge in [0.25, 0.3) is 0 Å². The quantitative estimate of drug-likeness (QED) is 0.630. The van der Waals surface area contributed by atoms with Crippen LogP contribution in [0, 0.1) is 11.2 Å². The summed E-state index contributed by atoms with van der Waals surface area (Å²) in [6.07, 6.45) is 2.59. The van der Waals surface area contributed by atoms with Crippen LogP contribution in [0.25, 0.3) is 11.3 Å². The van der Waals surface area contributed by atoms with Crippen molar-refractivity contribution < 1.29 is 4.39 Å². The SMILES string of the molecule is CN(C)CC(C)(C)CNc1ncc2c(n1)-c1ccccc1C(c1ccccc1F)C2. The summed E-state index contributed by atoms with van der Waals surface area (Å²) in [5.41, 5.74) is 5.00. The van der Waals surface area contributed by atoms with Crippen LogP contribution in [0.2, 0.25) is 0 Å². The summed E-state index contributed by atoms with van der Waals surface area (Å²) in [6.45, 7) is 6.21.